The molecule has 0 unspecified atom stereocenters. The van der Waals surface area contributed by atoms with Gasteiger partial charge in [0.1, 0.15) is 0 Å². The minimum Gasteiger partial charge on any atom is -0.349 e. The van der Waals surface area contributed by atoms with Crippen LogP contribution in [0.5, 0.6) is 0 Å². The Morgan fingerprint density at radius 3 is 2.61 bits per heavy atom. The van der Waals surface area contributed by atoms with Crippen molar-refractivity contribution >= 4 is 23.0 Å². The fourth-order valence-corrected chi connectivity index (χ4v) is 2.65. The quantitative estimate of drug-likeness (QED) is 0.773. The van der Waals surface area contributed by atoms with Crippen LogP contribution in [0.4, 0.5) is 5.69 Å². The maximum atomic E-state index is 5.51. The van der Waals surface area contributed by atoms with Crippen molar-refractivity contribution < 1.29 is 0 Å². The minimum atomic E-state index is 0.455. The Hall–Kier alpha value is -1.09. The normalized spacial score (nSPS) is 19.1. The number of benzene rings is 1. The van der Waals surface area contributed by atoms with Gasteiger partial charge in [-0.2, -0.15) is 0 Å². The van der Waals surface area contributed by atoms with Gasteiger partial charge < -0.3 is 10.2 Å². The van der Waals surface area contributed by atoms with E-state index in [-0.39, 0.29) is 0 Å². The van der Waals surface area contributed by atoms with Gasteiger partial charge in [-0.15, -0.1) is 0 Å². The van der Waals surface area contributed by atoms with E-state index in [9.17, 15) is 0 Å². The maximum Gasteiger partial charge on any atom is 0.173 e. The number of hydrogen-bond acceptors (Lipinski definition) is 1. The number of rotatable bonds is 1. The topological polar surface area (TPSA) is 15.3 Å². The molecule has 1 aliphatic heterocycles. The van der Waals surface area contributed by atoms with E-state index in [4.69, 9.17) is 12.2 Å². The molecule has 0 atom stereocenters. The first-order valence-corrected chi connectivity index (χ1v) is 7.09. The lowest BCUT2D eigenvalue weighted by molar-refractivity contribution is 0.314. The van der Waals surface area contributed by atoms with Gasteiger partial charge in [0.25, 0.3) is 0 Å². The van der Waals surface area contributed by atoms with Gasteiger partial charge in [0, 0.05) is 18.8 Å². The van der Waals surface area contributed by atoms with E-state index in [1.807, 2.05) is 30.3 Å². The van der Waals surface area contributed by atoms with Gasteiger partial charge in [-0.05, 0) is 49.0 Å². The highest BCUT2D eigenvalue weighted by molar-refractivity contribution is 7.80. The third-order valence-electron chi connectivity index (χ3n) is 3.65. The molecule has 0 amide bonds. The molecule has 2 rings (SSSR count). The molecule has 2 nitrogen and oxygen atoms in total. The summed E-state index contributed by atoms with van der Waals surface area (Å²) in [6.07, 6.45) is 3.73. The molecule has 1 heterocycles. The first-order valence-electron chi connectivity index (χ1n) is 6.68. The average Bonchev–Trinajstić information content (AvgIpc) is 2.51. The van der Waals surface area contributed by atoms with Crippen LogP contribution in [0.15, 0.2) is 30.3 Å². The van der Waals surface area contributed by atoms with Crippen LogP contribution in [-0.2, 0) is 0 Å². The monoisotopic (exact) mass is 262 g/mol. The van der Waals surface area contributed by atoms with Gasteiger partial charge in [0.05, 0.1) is 0 Å². The summed E-state index contributed by atoms with van der Waals surface area (Å²) in [5, 5.41) is 4.18. The van der Waals surface area contributed by atoms with Gasteiger partial charge in [0.2, 0.25) is 0 Å². The Kier molecular flexibility index (Phi) is 4.23. The van der Waals surface area contributed by atoms with Gasteiger partial charge >= 0.3 is 0 Å². The Labute approximate surface area is 115 Å². The molecule has 0 spiro atoms. The SMILES string of the molecule is CC1(C)CCCN(C(=S)Nc2ccccc2)CC1. The summed E-state index contributed by atoms with van der Waals surface area (Å²) in [6.45, 7) is 6.84. The summed E-state index contributed by atoms with van der Waals surface area (Å²) in [6, 6.07) is 10.2. The highest BCUT2D eigenvalue weighted by Gasteiger charge is 2.23. The van der Waals surface area contributed by atoms with Crippen LogP contribution in [0.1, 0.15) is 33.1 Å². The van der Waals surface area contributed by atoms with E-state index < -0.39 is 0 Å². The van der Waals surface area contributed by atoms with Crippen molar-refractivity contribution in [2.75, 3.05) is 18.4 Å². The Morgan fingerprint density at radius 2 is 1.89 bits per heavy atom. The molecule has 98 valence electrons. The van der Waals surface area contributed by atoms with Crippen molar-refractivity contribution in [2.24, 2.45) is 5.41 Å². The molecule has 18 heavy (non-hydrogen) atoms. The van der Waals surface area contributed by atoms with Crippen molar-refractivity contribution in [3.63, 3.8) is 0 Å². The lowest BCUT2D eigenvalue weighted by atomic mass is 9.85. The largest absolute Gasteiger partial charge is 0.349 e. The zero-order chi connectivity index (χ0) is 13.0. The van der Waals surface area contributed by atoms with Crippen LogP contribution in [0, 0.1) is 5.41 Å². The van der Waals surface area contributed by atoms with E-state index in [0.29, 0.717) is 5.41 Å². The average molecular weight is 262 g/mol. The number of para-hydroxylation sites is 1. The van der Waals surface area contributed by atoms with Crippen molar-refractivity contribution in [1.82, 2.24) is 4.90 Å². The lowest BCUT2D eigenvalue weighted by Crippen LogP contribution is -2.35. The molecule has 1 N–H and O–H groups in total. The number of thiocarbonyl (C=S) groups is 1. The highest BCUT2D eigenvalue weighted by atomic mass is 32.1. The molecule has 0 radical (unpaired) electrons. The second-order valence-corrected chi connectivity index (χ2v) is 6.19. The van der Waals surface area contributed by atoms with Gasteiger partial charge in [-0.25, -0.2) is 0 Å². The zero-order valence-corrected chi connectivity index (χ0v) is 12.1. The van der Waals surface area contributed by atoms with Crippen LogP contribution in [0.2, 0.25) is 0 Å². The predicted octanol–water partition coefficient (Wildman–Crippen LogP) is 3.90. The molecule has 1 aromatic carbocycles. The molecule has 1 fully saturated rings. The van der Waals surface area contributed by atoms with E-state index in [1.54, 1.807) is 0 Å². The number of nitrogens with one attached hydrogen (secondary N) is 1. The van der Waals surface area contributed by atoms with Crippen LogP contribution in [0.25, 0.3) is 0 Å². The van der Waals surface area contributed by atoms with Crippen LogP contribution in [0.3, 0.4) is 0 Å². The summed E-state index contributed by atoms with van der Waals surface area (Å²) in [5.74, 6) is 0. The smallest absolute Gasteiger partial charge is 0.173 e. The first-order chi connectivity index (χ1) is 8.57. The maximum absolute atomic E-state index is 5.51. The number of nitrogens with zero attached hydrogens (tertiary/aromatic N) is 1. The van der Waals surface area contributed by atoms with E-state index in [1.165, 1.54) is 19.3 Å². The van der Waals surface area contributed by atoms with E-state index in [0.717, 1.165) is 23.9 Å². The molecular formula is C15H22N2S. The minimum absolute atomic E-state index is 0.455. The van der Waals surface area contributed by atoms with Crippen molar-refractivity contribution in [1.29, 1.82) is 0 Å². The summed E-state index contributed by atoms with van der Waals surface area (Å²) >= 11 is 5.51. The predicted molar refractivity (Wildman–Crippen MR) is 81.9 cm³/mol. The number of hydrogen-bond donors (Lipinski definition) is 1. The van der Waals surface area contributed by atoms with Crippen molar-refractivity contribution in [3.8, 4) is 0 Å². The van der Waals surface area contributed by atoms with Crippen LogP contribution >= 0.6 is 12.2 Å². The van der Waals surface area contributed by atoms with Crippen LogP contribution < -0.4 is 5.32 Å². The Balaban J connectivity index is 1.93. The molecule has 3 heteroatoms. The fraction of sp³-hybridized carbons (Fsp3) is 0.533. The summed E-state index contributed by atoms with van der Waals surface area (Å²) in [7, 11) is 0. The van der Waals surface area contributed by atoms with Crippen molar-refractivity contribution in [3.05, 3.63) is 30.3 Å². The van der Waals surface area contributed by atoms with Crippen LogP contribution in [-0.4, -0.2) is 23.1 Å². The Bertz CT molecular complexity index is 400. The summed E-state index contributed by atoms with van der Waals surface area (Å²) in [5.41, 5.74) is 1.53. The van der Waals surface area contributed by atoms with E-state index >= 15 is 0 Å². The highest BCUT2D eigenvalue weighted by Crippen LogP contribution is 2.29. The third-order valence-corrected chi connectivity index (χ3v) is 4.01. The zero-order valence-electron chi connectivity index (χ0n) is 11.3. The molecule has 0 aliphatic carbocycles. The standard InChI is InChI=1S/C15H22N2S/c1-15(2)9-6-11-17(12-10-15)14(18)16-13-7-4-3-5-8-13/h3-5,7-8H,6,9-12H2,1-2H3,(H,16,18). The molecule has 0 saturated carbocycles. The summed E-state index contributed by atoms with van der Waals surface area (Å²) in [4.78, 5) is 2.30. The molecule has 1 aliphatic rings. The van der Waals surface area contributed by atoms with Crippen molar-refractivity contribution in [2.45, 2.75) is 33.1 Å². The molecular weight excluding hydrogens is 240 g/mol. The van der Waals surface area contributed by atoms with Gasteiger partial charge in [-0.1, -0.05) is 32.0 Å². The van der Waals surface area contributed by atoms with Gasteiger partial charge in [0.15, 0.2) is 5.11 Å². The molecule has 0 bridgehead atoms. The fourth-order valence-electron chi connectivity index (χ4n) is 2.35. The number of likely N-dealkylation sites (tertiary alicyclic amines) is 1. The number of anilines is 1. The molecule has 1 saturated heterocycles. The molecule has 1 aromatic rings. The second kappa shape index (κ2) is 5.70. The first kappa shape index (κ1) is 13.3. The van der Waals surface area contributed by atoms with Gasteiger partial charge in [-0.3, -0.25) is 0 Å². The van der Waals surface area contributed by atoms with E-state index in [2.05, 4.69) is 24.1 Å². The third kappa shape index (κ3) is 3.70. The Morgan fingerprint density at radius 1 is 1.17 bits per heavy atom. The second-order valence-electron chi connectivity index (χ2n) is 5.80. The summed E-state index contributed by atoms with van der Waals surface area (Å²) < 4.78 is 0. The lowest BCUT2D eigenvalue weighted by Gasteiger charge is -2.25. The molecule has 0 aromatic heterocycles.